The van der Waals surface area contributed by atoms with Gasteiger partial charge in [-0.05, 0) is 18.9 Å². The van der Waals surface area contributed by atoms with E-state index in [4.69, 9.17) is 11.0 Å². The topological polar surface area (TPSA) is 95.9 Å². The molecule has 0 aromatic carbocycles. The van der Waals surface area contributed by atoms with Gasteiger partial charge in [-0.2, -0.15) is 10.4 Å². The van der Waals surface area contributed by atoms with Crippen molar-refractivity contribution in [2.45, 2.75) is 18.9 Å². The van der Waals surface area contributed by atoms with Crippen molar-refractivity contribution in [2.24, 2.45) is 5.73 Å². The highest BCUT2D eigenvalue weighted by atomic mass is 16.1. The van der Waals surface area contributed by atoms with Crippen molar-refractivity contribution in [2.75, 3.05) is 11.4 Å². The van der Waals surface area contributed by atoms with Gasteiger partial charge in [-0.1, -0.05) is 0 Å². The monoisotopic (exact) mass is 217 g/mol. The molecule has 6 nitrogen and oxygen atoms in total. The van der Waals surface area contributed by atoms with E-state index in [-0.39, 0.29) is 11.9 Å². The lowest BCUT2D eigenvalue weighted by Crippen LogP contribution is -2.41. The van der Waals surface area contributed by atoms with Crippen LogP contribution in [-0.4, -0.2) is 28.7 Å². The van der Waals surface area contributed by atoms with Crippen LogP contribution in [-0.2, 0) is 4.79 Å². The molecular weight excluding hydrogens is 206 g/mol. The van der Waals surface area contributed by atoms with Crippen LogP contribution >= 0.6 is 0 Å². The summed E-state index contributed by atoms with van der Waals surface area (Å²) in [6.07, 6.45) is 3.03. The standard InChI is InChI=1S/C10H11N5O/c11-6-7-3-4-13-14-10(7)15-5-1-2-8(15)9(12)16/h3-4,8H,1-2,5H2,(H2,12,16). The molecule has 1 aromatic heterocycles. The fraction of sp³-hybridized carbons (Fsp3) is 0.400. The molecule has 1 aromatic rings. The molecule has 2 N–H and O–H groups in total. The Morgan fingerprint density at radius 2 is 2.50 bits per heavy atom. The normalized spacial score (nSPS) is 19.4. The number of rotatable bonds is 2. The average molecular weight is 217 g/mol. The van der Waals surface area contributed by atoms with Gasteiger partial charge in [0.25, 0.3) is 0 Å². The van der Waals surface area contributed by atoms with E-state index in [1.807, 2.05) is 6.07 Å². The Kier molecular flexibility index (Phi) is 2.68. The molecule has 16 heavy (non-hydrogen) atoms. The highest BCUT2D eigenvalue weighted by molar-refractivity contribution is 5.84. The molecule has 1 aliphatic heterocycles. The van der Waals surface area contributed by atoms with Gasteiger partial charge in [0.15, 0.2) is 5.82 Å². The van der Waals surface area contributed by atoms with Crippen molar-refractivity contribution in [1.29, 1.82) is 5.26 Å². The molecule has 0 radical (unpaired) electrons. The van der Waals surface area contributed by atoms with Crippen molar-refractivity contribution < 1.29 is 4.79 Å². The molecule has 1 aliphatic rings. The zero-order chi connectivity index (χ0) is 11.5. The van der Waals surface area contributed by atoms with Crippen molar-refractivity contribution in [3.63, 3.8) is 0 Å². The number of carbonyl (C=O) groups excluding carboxylic acids is 1. The predicted molar refractivity (Wildman–Crippen MR) is 56.3 cm³/mol. The van der Waals surface area contributed by atoms with Gasteiger partial charge in [0.1, 0.15) is 12.1 Å². The van der Waals surface area contributed by atoms with Gasteiger partial charge in [-0.15, -0.1) is 5.10 Å². The Bertz CT molecular complexity index is 453. The number of nitriles is 1. The third-order valence-electron chi connectivity index (χ3n) is 2.67. The third-order valence-corrected chi connectivity index (χ3v) is 2.67. The van der Waals surface area contributed by atoms with E-state index in [1.54, 1.807) is 11.0 Å². The third kappa shape index (κ3) is 1.67. The van der Waals surface area contributed by atoms with Crippen LogP contribution in [0.15, 0.2) is 12.3 Å². The van der Waals surface area contributed by atoms with Crippen LogP contribution in [0.1, 0.15) is 18.4 Å². The first-order valence-electron chi connectivity index (χ1n) is 5.02. The van der Waals surface area contributed by atoms with Crippen molar-refractivity contribution >= 4 is 11.7 Å². The molecule has 1 atom stereocenters. The summed E-state index contributed by atoms with van der Waals surface area (Å²) in [7, 11) is 0. The number of carbonyl (C=O) groups is 1. The van der Waals surface area contributed by atoms with Gasteiger partial charge in [0.2, 0.25) is 5.91 Å². The zero-order valence-electron chi connectivity index (χ0n) is 8.63. The van der Waals surface area contributed by atoms with Gasteiger partial charge in [0, 0.05) is 6.54 Å². The Balaban J connectivity index is 2.37. The smallest absolute Gasteiger partial charge is 0.240 e. The van der Waals surface area contributed by atoms with Gasteiger partial charge in [0.05, 0.1) is 11.8 Å². The summed E-state index contributed by atoms with van der Waals surface area (Å²) < 4.78 is 0. The van der Waals surface area contributed by atoms with Crippen LogP contribution in [0.5, 0.6) is 0 Å². The molecule has 0 saturated carbocycles. The number of nitrogens with zero attached hydrogens (tertiary/aromatic N) is 4. The number of hydrogen-bond acceptors (Lipinski definition) is 5. The number of hydrogen-bond donors (Lipinski definition) is 1. The van der Waals surface area contributed by atoms with Crippen LogP contribution in [0.25, 0.3) is 0 Å². The molecule has 0 aliphatic carbocycles. The minimum Gasteiger partial charge on any atom is -0.368 e. The lowest BCUT2D eigenvalue weighted by atomic mass is 10.2. The van der Waals surface area contributed by atoms with E-state index in [1.165, 1.54) is 6.20 Å². The highest BCUT2D eigenvalue weighted by Gasteiger charge is 2.31. The molecular formula is C10H11N5O. The number of amides is 1. The molecule has 6 heteroatoms. The molecule has 82 valence electrons. The summed E-state index contributed by atoms with van der Waals surface area (Å²) in [5, 5.41) is 16.6. The second kappa shape index (κ2) is 4.14. The molecule has 1 fully saturated rings. The maximum Gasteiger partial charge on any atom is 0.240 e. The Hall–Kier alpha value is -2.16. The number of aromatic nitrogens is 2. The summed E-state index contributed by atoms with van der Waals surface area (Å²) in [5.41, 5.74) is 5.72. The van der Waals surface area contributed by atoms with E-state index >= 15 is 0 Å². The Morgan fingerprint density at radius 3 is 3.19 bits per heavy atom. The molecule has 1 unspecified atom stereocenters. The Labute approximate surface area is 92.7 Å². The lowest BCUT2D eigenvalue weighted by Gasteiger charge is -2.23. The summed E-state index contributed by atoms with van der Waals surface area (Å²) in [6, 6.07) is 3.25. The van der Waals surface area contributed by atoms with Crippen LogP contribution in [0, 0.1) is 11.3 Å². The van der Waals surface area contributed by atoms with E-state index < -0.39 is 0 Å². The molecule has 0 bridgehead atoms. The fourth-order valence-corrected chi connectivity index (χ4v) is 1.94. The molecule has 2 rings (SSSR count). The van der Waals surface area contributed by atoms with E-state index in [0.717, 1.165) is 6.42 Å². The zero-order valence-corrected chi connectivity index (χ0v) is 8.63. The maximum atomic E-state index is 11.2. The van der Waals surface area contributed by atoms with Crippen molar-refractivity contribution in [3.05, 3.63) is 17.8 Å². The lowest BCUT2D eigenvalue weighted by molar-refractivity contribution is -0.119. The number of primary amides is 1. The minimum absolute atomic E-state index is 0.371. The minimum atomic E-state index is -0.382. The van der Waals surface area contributed by atoms with Crippen LogP contribution in [0.3, 0.4) is 0 Å². The second-order valence-corrected chi connectivity index (χ2v) is 3.63. The summed E-state index contributed by atoms with van der Waals surface area (Å²) in [6.45, 7) is 0.682. The second-order valence-electron chi connectivity index (χ2n) is 3.63. The Morgan fingerprint density at radius 1 is 1.69 bits per heavy atom. The summed E-state index contributed by atoms with van der Waals surface area (Å²) in [4.78, 5) is 13.0. The highest BCUT2D eigenvalue weighted by Crippen LogP contribution is 2.25. The van der Waals surface area contributed by atoms with Gasteiger partial charge in [-0.25, -0.2) is 0 Å². The van der Waals surface area contributed by atoms with Crippen molar-refractivity contribution in [1.82, 2.24) is 10.2 Å². The summed E-state index contributed by atoms with van der Waals surface area (Å²) >= 11 is 0. The molecule has 1 amide bonds. The fourth-order valence-electron chi connectivity index (χ4n) is 1.94. The molecule has 1 saturated heterocycles. The molecule has 2 heterocycles. The quantitative estimate of drug-likeness (QED) is 0.740. The maximum absolute atomic E-state index is 11.2. The number of anilines is 1. The van der Waals surface area contributed by atoms with Gasteiger partial charge in [-0.3, -0.25) is 4.79 Å². The van der Waals surface area contributed by atoms with E-state index in [9.17, 15) is 4.79 Å². The van der Waals surface area contributed by atoms with Gasteiger partial charge < -0.3 is 10.6 Å². The first kappa shape index (κ1) is 10.4. The summed E-state index contributed by atoms with van der Waals surface area (Å²) in [5.74, 6) is 0.0679. The number of nitrogens with two attached hydrogens (primary N) is 1. The average Bonchev–Trinajstić information content (AvgIpc) is 2.77. The van der Waals surface area contributed by atoms with E-state index in [2.05, 4.69) is 10.2 Å². The predicted octanol–water partition coefficient (Wildman–Crippen LogP) is -0.198. The van der Waals surface area contributed by atoms with Gasteiger partial charge >= 0.3 is 0 Å². The van der Waals surface area contributed by atoms with Crippen LogP contribution in [0.2, 0.25) is 0 Å². The first-order chi connectivity index (χ1) is 7.74. The largest absolute Gasteiger partial charge is 0.368 e. The molecule has 0 spiro atoms. The van der Waals surface area contributed by atoms with Crippen LogP contribution < -0.4 is 10.6 Å². The first-order valence-corrected chi connectivity index (χ1v) is 5.02. The van der Waals surface area contributed by atoms with E-state index in [0.29, 0.717) is 24.3 Å². The SMILES string of the molecule is N#Cc1ccnnc1N1CCCC1C(N)=O. The van der Waals surface area contributed by atoms with Crippen molar-refractivity contribution in [3.8, 4) is 6.07 Å². The van der Waals surface area contributed by atoms with Crippen LogP contribution in [0.4, 0.5) is 5.82 Å².